The SMILES string of the molecule is O=C(c1ccccc1)c1cc(Cl)ccc1-n1cnnc1. The molecule has 0 aliphatic carbocycles. The van der Waals surface area contributed by atoms with Gasteiger partial charge in [0, 0.05) is 16.1 Å². The zero-order chi connectivity index (χ0) is 13.9. The normalized spacial score (nSPS) is 10.4. The van der Waals surface area contributed by atoms with E-state index in [2.05, 4.69) is 10.2 Å². The largest absolute Gasteiger partial charge is 0.289 e. The Morgan fingerprint density at radius 2 is 1.70 bits per heavy atom. The third-order valence-corrected chi connectivity index (χ3v) is 3.17. The molecule has 0 radical (unpaired) electrons. The Labute approximate surface area is 120 Å². The first-order chi connectivity index (χ1) is 9.75. The van der Waals surface area contributed by atoms with E-state index < -0.39 is 0 Å². The van der Waals surface area contributed by atoms with Crippen molar-refractivity contribution in [2.24, 2.45) is 0 Å². The van der Waals surface area contributed by atoms with E-state index in [1.807, 2.05) is 18.2 Å². The zero-order valence-corrected chi connectivity index (χ0v) is 11.2. The summed E-state index contributed by atoms with van der Waals surface area (Å²) in [5.74, 6) is -0.0863. The second-order valence-electron chi connectivity index (χ2n) is 4.23. The lowest BCUT2D eigenvalue weighted by atomic mass is 10.0. The maximum absolute atomic E-state index is 12.6. The summed E-state index contributed by atoms with van der Waals surface area (Å²) >= 11 is 6.02. The molecule has 1 aromatic heterocycles. The molecule has 0 spiro atoms. The Hall–Kier alpha value is -2.46. The zero-order valence-electron chi connectivity index (χ0n) is 10.4. The summed E-state index contributed by atoms with van der Waals surface area (Å²) in [5.41, 5.74) is 1.83. The minimum atomic E-state index is -0.0863. The maximum Gasteiger partial charge on any atom is 0.195 e. The molecule has 0 saturated heterocycles. The van der Waals surface area contributed by atoms with Crippen LogP contribution in [-0.2, 0) is 0 Å². The van der Waals surface area contributed by atoms with Gasteiger partial charge in [-0.25, -0.2) is 0 Å². The van der Waals surface area contributed by atoms with Crippen molar-refractivity contribution in [1.29, 1.82) is 0 Å². The van der Waals surface area contributed by atoms with Gasteiger partial charge in [0.15, 0.2) is 5.78 Å². The number of rotatable bonds is 3. The van der Waals surface area contributed by atoms with Gasteiger partial charge in [-0.2, -0.15) is 0 Å². The summed E-state index contributed by atoms with van der Waals surface area (Å²) < 4.78 is 1.69. The third kappa shape index (κ3) is 2.33. The minimum Gasteiger partial charge on any atom is -0.289 e. The maximum atomic E-state index is 12.6. The predicted octanol–water partition coefficient (Wildman–Crippen LogP) is 3.15. The molecule has 98 valence electrons. The van der Waals surface area contributed by atoms with Crippen LogP contribution in [0, 0.1) is 0 Å². The number of carbonyl (C=O) groups excluding carboxylic acids is 1. The number of carbonyl (C=O) groups is 1. The highest BCUT2D eigenvalue weighted by Crippen LogP contribution is 2.22. The van der Waals surface area contributed by atoms with Crippen LogP contribution in [0.3, 0.4) is 0 Å². The molecule has 1 heterocycles. The van der Waals surface area contributed by atoms with Crippen LogP contribution in [0.25, 0.3) is 5.69 Å². The second-order valence-corrected chi connectivity index (χ2v) is 4.66. The molecule has 2 aromatic carbocycles. The molecule has 3 aromatic rings. The number of halogens is 1. The molecule has 4 nitrogen and oxygen atoms in total. The highest BCUT2D eigenvalue weighted by atomic mass is 35.5. The molecule has 0 amide bonds. The van der Waals surface area contributed by atoms with Gasteiger partial charge in [0.05, 0.1) is 5.69 Å². The summed E-state index contributed by atoms with van der Waals surface area (Å²) in [6, 6.07) is 14.3. The average molecular weight is 284 g/mol. The van der Waals surface area contributed by atoms with E-state index in [-0.39, 0.29) is 5.78 Å². The van der Waals surface area contributed by atoms with Gasteiger partial charge in [-0.1, -0.05) is 41.9 Å². The number of aromatic nitrogens is 3. The van der Waals surface area contributed by atoms with Crippen molar-refractivity contribution in [3.05, 3.63) is 77.3 Å². The van der Waals surface area contributed by atoms with Crippen molar-refractivity contribution >= 4 is 17.4 Å². The molecule has 0 bridgehead atoms. The number of ketones is 1. The molecule has 0 unspecified atom stereocenters. The molecule has 0 aliphatic heterocycles. The van der Waals surface area contributed by atoms with Crippen LogP contribution in [0.5, 0.6) is 0 Å². The molecule has 0 atom stereocenters. The van der Waals surface area contributed by atoms with Gasteiger partial charge >= 0.3 is 0 Å². The number of nitrogens with zero attached hydrogens (tertiary/aromatic N) is 3. The van der Waals surface area contributed by atoms with Crippen LogP contribution < -0.4 is 0 Å². The van der Waals surface area contributed by atoms with Crippen molar-refractivity contribution < 1.29 is 4.79 Å². The minimum absolute atomic E-state index is 0.0863. The van der Waals surface area contributed by atoms with Crippen molar-refractivity contribution in [3.63, 3.8) is 0 Å². The van der Waals surface area contributed by atoms with Crippen LogP contribution in [0.1, 0.15) is 15.9 Å². The topological polar surface area (TPSA) is 47.8 Å². The van der Waals surface area contributed by atoms with Crippen molar-refractivity contribution in [2.45, 2.75) is 0 Å². The van der Waals surface area contributed by atoms with E-state index in [0.717, 1.165) is 0 Å². The fraction of sp³-hybridized carbons (Fsp3) is 0. The Balaban J connectivity index is 2.13. The lowest BCUT2D eigenvalue weighted by Crippen LogP contribution is -2.06. The molecular formula is C15H10ClN3O. The second kappa shape index (κ2) is 5.27. The van der Waals surface area contributed by atoms with Crippen LogP contribution >= 0.6 is 11.6 Å². The Morgan fingerprint density at radius 3 is 2.40 bits per heavy atom. The first-order valence-electron chi connectivity index (χ1n) is 6.00. The van der Waals surface area contributed by atoms with Gasteiger partial charge in [-0.3, -0.25) is 9.36 Å². The van der Waals surface area contributed by atoms with Crippen molar-refractivity contribution in [1.82, 2.24) is 14.8 Å². The molecule has 0 N–H and O–H groups in total. The van der Waals surface area contributed by atoms with E-state index >= 15 is 0 Å². The van der Waals surface area contributed by atoms with Crippen LogP contribution in [0.15, 0.2) is 61.2 Å². The molecule has 0 fully saturated rings. The monoisotopic (exact) mass is 283 g/mol. The molecular weight excluding hydrogens is 274 g/mol. The fourth-order valence-electron chi connectivity index (χ4n) is 1.99. The summed E-state index contributed by atoms with van der Waals surface area (Å²) in [4.78, 5) is 12.6. The van der Waals surface area contributed by atoms with Crippen molar-refractivity contribution in [3.8, 4) is 5.69 Å². The highest BCUT2D eigenvalue weighted by molar-refractivity contribution is 6.31. The van der Waals surface area contributed by atoms with E-state index in [4.69, 9.17) is 11.6 Å². The Kier molecular flexibility index (Phi) is 3.31. The smallest absolute Gasteiger partial charge is 0.195 e. The summed E-state index contributed by atoms with van der Waals surface area (Å²) in [7, 11) is 0. The standard InChI is InChI=1S/C15H10ClN3O/c16-12-6-7-14(19-9-17-18-10-19)13(8-12)15(20)11-4-2-1-3-5-11/h1-10H. The molecule has 5 heteroatoms. The van der Waals surface area contributed by atoms with Gasteiger partial charge in [0.1, 0.15) is 12.7 Å². The van der Waals surface area contributed by atoms with Crippen molar-refractivity contribution in [2.75, 3.05) is 0 Å². The lowest BCUT2D eigenvalue weighted by molar-refractivity contribution is 0.103. The number of hydrogen-bond donors (Lipinski definition) is 0. The fourth-order valence-corrected chi connectivity index (χ4v) is 2.16. The van der Waals surface area contributed by atoms with E-state index in [9.17, 15) is 4.79 Å². The third-order valence-electron chi connectivity index (χ3n) is 2.94. The first-order valence-corrected chi connectivity index (χ1v) is 6.38. The molecule has 0 saturated carbocycles. The van der Waals surface area contributed by atoms with Gasteiger partial charge in [0.2, 0.25) is 0 Å². The van der Waals surface area contributed by atoms with Gasteiger partial charge in [-0.05, 0) is 18.2 Å². The predicted molar refractivity (Wildman–Crippen MR) is 76.2 cm³/mol. The quantitative estimate of drug-likeness (QED) is 0.694. The number of benzene rings is 2. The Bertz CT molecular complexity index is 739. The van der Waals surface area contributed by atoms with Gasteiger partial charge < -0.3 is 0 Å². The lowest BCUT2D eigenvalue weighted by Gasteiger charge is -2.09. The average Bonchev–Trinajstić information content (AvgIpc) is 3.01. The summed E-state index contributed by atoms with van der Waals surface area (Å²) in [6.07, 6.45) is 3.09. The van der Waals surface area contributed by atoms with E-state index in [1.165, 1.54) is 0 Å². The first kappa shape index (κ1) is 12.6. The number of hydrogen-bond acceptors (Lipinski definition) is 3. The van der Waals surface area contributed by atoms with Gasteiger partial charge in [-0.15, -0.1) is 10.2 Å². The summed E-state index contributed by atoms with van der Waals surface area (Å²) in [5, 5.41) is 8.04. The van der Waals surface area contributed by atoms with Crippen LogP contribution in [0.4, 0.5) is 0 Å². The molecule has 0 aliphatic rings. The highest BCUT2D eigenvalue weighted by Gasteiger charge is 2.15. The van der Waals surface area contributed by atoms with Crippen LogP contribution in [0.2, 0.25) is 5.02 Å². The van der Waals surface area contributed by atoms with Gasteiger partial charge in [0.25, 0.3) is 0 Å². The van der Waals surface area contributed by atoms with Crippen LogP contribution in [-0.4, -0.2) is 20.5 Å². The summed E-state index contributed by atoms with van der Waals surface area (Å²) in [6.45, 7) is 0. The molecule has 3 rings (SSSR count). The molecule has 20 heavy (non-hydrogen) atoms. The Morgan fingerprint density at radius 1 is 1.00 bits per heavy atom. The van der Waals surface area contributed by atoms with E-state index in [0.29, 0.717) is 21.8 Å². The van der Waals surface area contributed by atoms with E-state index in [1.54, 1.807) is 47.6 Å².